The standard InChI is InChI=1S/C10H17N3OS/c1-3-4-5-8(12-7(2)14)10-13-9(11)6-15-10/h6,8H,3-5,11H2,1-2H3,(H,12,14). The van der Waals surface area contributed by atoms with Crippen LogP contribution in [0.25, 0.3) is 0 Å². The van der Waals surface area contributed by atoms with Crippen molar-refractivity contribution in [2.45, 2.75) is 39.2 Å². The van der Waals surface area contributed by atoms with Gasteiger partial charge >= 0.3 is 0 Å². The quantitative estimate of drug-likeness (QED) is 0.809. The van der Waals surface area contributed by atoms with Crippen molar-refractivity contribution in [3.63, 3.8) is 0 Å². The Kier molecular flexibility index (Phi) is 4.55. The Morgan fingerprint density at radius 1 is 1.73 bits per heavy atom. The fraction of sp³-hybridized carbons (Fsp3) is 0.600. The van der Waals surface area contributed by atoms with Crippen LogP contribution in [-0.2, 0) is 4.79 Å². The van der Waals surface area contributed by atoms with E-state index in [1.807, 2.05) is 0 Å². The smallest absolute Gasteiger partial charge is 0.217 e. The maximum atomic E-state index is 11.0. The van der Waals surface area contributed by atoms with Crippen molar-refractivity contribution in [2.24, 2.45) is 0 Å². The molecule has 0 aliphatic heterocycles. The number of unbranched alkanes of at least 4 members (excludes halogenated alkanes) is 1. The molecule has 1 atom stereocenters. The summed E-state index contributed by atoms with van der Waals surface area (Å²) in [5, 5.41) is 5.60. The topological polar surface area (TPSA) is 68.0 Å². The van der Waals surface area contributed by atoms with E-state index in [2.05, 4.69) is 17.2 Å². The number of aromatic nitrogens is 1. The van der Waals surface area contributed by atoms with E-state index in [0.717, 1.165) is 24.3 Å². The molecular formula is C10H17N3OS. The molecule has 1 unspecified atom stereocenters. The molecule has 0 bridgehead atoms. The Hall–Kier alpha value is -1.10. The van der Waals surface area contributed by atoms with E-state index in [9.17, 15) is 4.79 Å². The summed E-state index contributed by atoms with van der Waals surface area (Å²) in [6, 6.07) is 0.0183. The van der Waals surface area contributed by atoms with Crippen LogP contribution in [0.5, 0.6) is 0 Å². The Labute approximate surface area is 93.9 Å². The van der Waals surface area contributed by atoms with Crippen LogP contribution < -0.4 is 11.1 Å². The van der Waals surface area contributed by atoms with Crippen molar-refractivity contribution in [3.8, 4) is 0 Å². The largest absolute Gasteiger partial charge is 0.383 e. The Bertz CT molecular complexity index is 324. The molecule has 0 spiro atoms. The maximum Gasteiger partial charge on any atom is 0.217 e. The van der Waals surface area contributed by atoms with Crippen molar-refractivity contribution in [3.05, 3.63) is 10.4 Å². The third-order valence-electron chi connectivity index (χ3n) is 2.06. The van der Waals surface area contributed by atoms with Crippen LogP contribution >= 0.6 is 11.3 Å². The number of nitrogen functional groups attached to an aromatic ring is 1. The lowest BCUT2D eigenvalue weighted by molar-refractivity contribution is -0.119. The highest BCUT2D eigenvalue weighted by molar-refractivity contribution is 7.10. The number of hydrogen-bond acceptors (Lipinski definition) is 4. The van der Waals surface area contributed by atoms with E-state index < -0.39 is 0 Å². The zero-order chi connectivity index (χ0) is 11.3. The molecule has 0 aliphatic carbocycles. The summed E-state index contributed by atoms with van der Waals surface area (Å²) in [4.78, 5) is 15.2. The highest BCUT2D eigenvalue weighted by Gasteiger charge is 2.15. The Morgan fingerprint density at radius 2 is 2.47 bits per heavy atom. The first-order chi connectivity index (χ1) is 7.13. The van der Waals surface area contributed by atoms with Gasteiger partial charge in [-0.1, -0.05) is 19.8 Å². The minimum Gasteiger partial charge on any atom is -0.383 e. The van der Waals surface area contributed by atoms with Crippen LogP contribution in [0, 0.1) is 0 Å². The maximum absolute atomic E-state index is 11.0. The summed E-state index contributed by atoms with van der Waals surface area (Å²) in [6.45, 7) is 3.65. The number of thiazole rings is 1. The van der Waals surface area contributed by atoms with Crippen LogP contribution in [0.15, 0.2) is 5.38 Å². The number of nitrogens with one attached hydrogen (secondary N) is 1. The first-order valence-electron chi connectivity index (χ1n) is 5.11. The zero-order valence-electron chi connectivity index (χ0n) is 9.12. The van der Waals surface area contributed by atoms with Gasteiger partial charge in [-0.2, -0.15) is 0 Å². The molecule has 15 heavy (non-hydrogen) atoms. The van der Waals surface area contributed by atoms with Crippen molar-refractivity contribution in [2.75, 3.05) is 5.73 Å². The SMILES string of the molecule is CCCCC(NC(C)=O)c1nc(N)cs1. The number of rotatable bonds is 5. The fourth-order valence-corrected chi connectivity index (χ4v) is 2.17. The molecule has 0 saturated heterocycles. The lowest BCUT2D eigenvalue weighted by atomic mass is 10.1. The van der Waals surface area contributed by atoms with Crippen molar-refractivity contribution in [1.82, 2.24) is 10.3 Å². The summed E-state index contributed by atoms with van der Waals surface area (Å²) >= 11 is 1.50. The Morgan fingerprint density at radius 3 is 2.93 bits per heavy atom. The monoisotopic (exact) mass is 227 g/mol. The average Bonchev–Trinajstić information content (AvgIpc) is 2.58. The number of hydrogen-bond donors (Lipinski definition) is 2. The number of anilines is 1. The van der Waals surface area contributed by atoms with Gasteiger partial charge in [-0.25, -0.2) is 4.98 Å². The number of nitrogens with zero attached hydrogens (tertiary/aromatic N) is 1. The van der Waals surface area contributed by atoms with E-state index >= 15 is 0 Å². The molecule has 0 saturated carbocycles. The van der Waals surface area contributed by atoms with Crippen LogP contribution in [0.4, 0.5) is 5.82 Å². The van der Waals surface area contributed by atoms with Gasteiger partial charge in [0.1, 0.15) is 10.8 Å². The van der Waals surface area contributed by atoms with Crippen molar-refractivity contribution in [1.29, 1.82) is 0 Å². The fourth-order valence-electron chi connectivity index (χ4n) is 1.37. The van der Waals surface area contributed by atoms with Crippen LogP contribution in [-0.4, -0.2) is 10.9 Å². The first-order valence-corrected chi connectivity index (χ1v) is 5.99. The molecule has 3 N–H and O–H groups in total. The number of nitrogens with two attached hydrogens (primary N) is 1. The van der Waals surface area contributed by atoms with Gasteiger partial charge in [-0.3, -0.25) is 4.79 Å². The molecule has 1 aromatic rings. The minimum absolute atomic E-state index is 0.0183. The van der Waals surface area contributed by atoms with Gasteiger partial charge in [0.2, 0.25) is 5.91 Å². The summed E-state index contributed by atoms with van der Waals surface area (Å²) in [5.74, 6) is 0.506. The molecule has 1 aromatic heterocycles. The van der Waals surface area contributed by atoms with E-state index in [1.165, 1.54) is 18.3 Å². The zero-order valence-corrected chi connectivity index (χ0v) is 9.93. The van der Waals surface area contributed by atoms with Gasteiger partial charge in [0.25, 0.3) is 0 Å². The van der Waals surface area contributed by atoms with Gasteiger partial charge in [0.05, 0.1) is 6.04 Å². The summed E-state index contributed by atoms with van der Waals surface area (Å²) in [5.41, 5.74) is 5.56. The second kappa shape index (κ2) is 5.70. The molecule has 0 radical (unpaired) electrons. The first kappa shape index (κ1) is 12.0. The summed E-state index contributed by atoms with van der Waals surface area (Å²) in [6.07, 6.45) is 3.10. The van der Waals surface area contributed by atoms with Gasteiger partial charge in [-0.05, 0) is 6.42 Å². The van der Waals surface area contributed by atoms with Gasteiger partial charge in [0, 0.05) is 12.3 Å². The van der Waals surface area contributed by atoms with E-state index in [0.29, 0.717) is 5.82 Å². The van der Waals surface area contributed by atoms with Crippen LogP contribution in [0.1, 0.15) is 44.2 Å². The molecule has 0 fully saturated rings. The number of carbonyl (C=O) groups excluding carboxylic acids is 1. The summed E-state index contributed by atoms with van der Waals surface area (Å²) in [7, 11) is 0. The second-order valence-corrected chi connectivity index (χ2v) is 4.40. The van der Waals surface area contributed by atoms with E-state index in [4.69, 9.17) is 5.73 Å². The molecule has 1 amide bonds. The van der Waals surface area contributed by atoms with Crippen molar-refractivity contribution < 1.29 is 4.79 Å². The number of carbonyl (C=O) groups is 1. The van der Waals surface area contributed by atoms with Crippen LogP contribution in [0.2, 0.25) is 0 Å². The van der Waals surface area contributed by atoms with Crippen molar-refractivity contribution >= 4 is 23.1 Å². The molecule has 0 aliphatic rings. The second-order valence-electron chi connectivity index (χ2n) is 3.51. The molecule has 0 aromatic carbocycles. The van der Waals surface area contributed by atoms with E-state index in [-0.39, 0.29) is 11.9 Å². The van der Waals surface area contributed by atoms with Gasteiger partial charge < -0.3 is 11.1 Å². The normalized spacial score (nSPS) is 12.4. The Balaban J connectivity index is 2.66. The lowest BCUT2D eigenvalue weighted by Crippen LogP contribution is -2.25. The average molecular weight is 227 g/mol. The van der Waals surface area contributed by atoms with E-state index in [1.54, 1.807) is 5.38 Å². The number of amides is 1. The molecule has 5 heteroatoms. The van der Waals surface area contributed by atoms with Crippen LogP contribution in [0.3, 0.4) is 0 Å². The highest BCUT2D eigenvalue weighted by atomic mass is 32.1. The van der Waals surface area contributed by atoms with Gasteiger partial charge in [0.15, 0.2) is 0 Å². The molecule has 1 rings (SSSR count). The molecular weight excluding hydrogens is 210 g/mol. The molecule has 84 valence electrons. The predicted molar refractivity (Wildman–Crippen MR) is 62.6 cm³/mol. The summed E-state index contributed by atoms with van der Waals surface area (Å²) < 4.78 is 0. The lowest BCUT2D eigenvalue weighted by Gasteiger charge is -2.14. The molecule has 1 heterocycles. The molecule has 4 nitrogen and oxygen atoms in total. The third kappa shape index (κ3) is 3.87. The van der Waals surface area contributed by atoms with Gasteiger partial charge in [-0.15, -0.1) is 11.3 Å². The minimum atomic E-state index is -0.0233. The predicted octanol–water partition coefficient (Wildman–Crippen LogP) is 2.09. The highest BCUT2D eigenvalue weighted by Crippen LogP contribution is 2.23. The third-order valence-corrected chi connectivity index (χ3v) is 3.04.